The fourth-order valence-corrected chi connectivity index (χ4v) is 2.58. The monoisotopic (exact) mass is 208 g/mol. The van der Waals surface area contributed by atoms with Crippen LogP contribution in [0, 0.1) is 17.8 Å². The smallest absolute Gasteiger partial charge is 0.310 e. The predicted molar refractivity (Wildman–Crippen MR) is 59.3 cm³/mol. The van der Waals surface area contributed by atoms with Crippen LogP contribution in [0.2, 0.25) is 0 Å². The molecule has 0 radical (unpaired) electrons. The molecule has 3 atom stereocenters. The highest BCUT2D eigenvalue weighted by Gasteiger charge is 2.38. The maximum absolute atomic E-state index is 11.9. The van der Waals surface area contributed by atoms with Crippen molar-refractivity contribution in [2.45, 2.75) is 45.6 Å². The zero-order chi connectivity index (χ0) is 11.1. The van der Waals surface area contributed by atoms with E-state index in [-0.39, 0.29) is 17.5 Å². The second kappa shape index (κ2) is 3.66. The van der Waals surface area contributed by atoms with Crippen LogP contribution in [0.4, 0.5) is 0 Å². The lowest BCUT2D eigenvalue weighted by Crippen LogP contribution is -2.37. The van der Waals surface area contributed by atoms with Gasteiger partial charge in [-0.1, -0.05) is 12.2 Å². The Hall–Kier alpha value is -0.790. The second-order valence-electron chi connectivity index (χ2n) is 5.76. The van der Waals surface area contributed by atoms with Gasteiger partial charge in [0.1, 0.15) is 5.60 Å². The minimum Gasteiger partial charge on any atom is -0.460 e. The lowest BCUT2D eigenvalue weighted by Gasteiger charge is -2.37. The van der Waals surface area contributed by atoms with E-state index < -0.39 is 0 Å². The summed E-state index contributed by atoms with van der Waals surface area (Å²) in [6.07, 6.45) is 7.89. The molecule has 0 aromatic carbocycles. The number of esters is 1. The lowest BCUT2D eigenvalue weighted by molar-refractivity contribution is -0.163. The third kappa shape index (κ3) is 2.42. The van der Waals surface area contributed by atoms with E-state index in [9.17, 15) is 4.79 Å². The maximum Gasteiger partial charge on any atom is 0.310 e. The molecule has 3 unspecified atom stereocenters. The summed E-state index contributed by atoms with van der Waals surface area (Å²) in [5.41, 5.74) is -0.350. The van der Waals surface area contributed by atoms with Gasteiger partial charge in [-0.05, 0) is 51.9 Å². The van der Waals surface area contributed by atoms with Crippen molar-refractivity contribution in [1.29, 1.82) is 0 Å². The highest BCUT2D eigenvalue weighted by Crippen LogP contribution is 2.41. The minimum atomic E-state index is -0.350. The number of ether oxygens (including phenoxy) is 1. The highest BCUT2D eigenvalue weighted by molar-refractivity contribution is 5.74. The minimum absolute atomic E-state index is 0.00144. The summed E-state index contributed by atoms with van der Waals surface area (Å²) in [6.45, 7) is 5.80. The van der Waals surface area contributed by atoms with Gasteiger partial charge >= 0.3 is 5.97 Å². The number of hydrogen-bond acceptors (Lipinski definition) is 2. The normalized spacial score (nSPS) is 34.2. The molecule has 0 aliphatic heterocycles. The van der Waals surface area contributed by atoms with Crippen LogP contribution in [0.3, 0.4) is 0 Å². The Morgan fingerprint density at radius 2 is 2.00 bits per heavy atom. The van der Waals surface area contributed by atoms with Gasteiger partial charge in [0.05, 0.1) is 5.92 Å². The molecule has 3 aliphatic rings. The van der Waals surface area contributed by atoms with Crippen LogP contribution < -0.4 is 0 Å². The van der Waals surface area contributed by atoms with Crippen LogP contribution in [-0.4, -0.2) is 11.6 Å². The van der Waals surface area contributed by atoms with Gasteiger partial charge in [0.25, 0.3) is 0 Å². The quantitative estimate of drug-likeness (QED) is 0.489. The number of carbonyl (C=O) groups excluding carboxylic acids is 1. The largest absolute Gasteiger partial charge is 0.460 e. The molecular weight excluding hydrogens is 188 g/mol. The molecule has 1 fully saturated rings. The first-order chi connectivity index (χ1) is 6.96. The van der Waals surface area contributed by atoms with Crippen molar-refractivity contribution in [2.75, 3.05) is 0 Å². The van der Waals surface area contributed by atoms with Crippen LogP contribution in [0.5, 0.6) is 0 Å². The van der Waals surface area contributed by atoms with E-state index in [0.717, 1.165) is 12.8 Å². The van der Waals surface area contributed by atoms with Crippen LogP contribution in [-0.2, 0) is 9.53 Å². The summed E-state index contributed by atoms with van der Waals surface area (Å²) in [7, 11) is 0. The first-order valence-electron chi connectivity index (χ1n) is 5.87. The molecule has 2 heteroatoms. The Balaban J connectivity index is 2.01. The van der Waals surface area contributed by atoms with Gasteiger partial charge in [-0.25, -0.2) is 0 Å². The molecule has 0 heterocycles. The molecule has 0 spiro atoms. The van der Waals surface area contributed by atoms with E-state index >= 15 is 0 Å². The SMILES string of the molecule is CC(C)(C)OC(=O)C1CC2C=CC1CC2. The average Bonchev–Trinajstić information content (AvgIpc) is 2.17. The molecule has 0 aromatic rings. The van der Waals surface area contributed by atoms with E-state index in [1.54, 1.807) is 0 Å². The van der Waals surface area contributed by atoms with Gasteiger partial charge < -0.3 is 4.74 Å². The molecule has 2 bridgehead atoms. The van der Waals surface area contributed by atoms with E-state index in [1.165, 1.54) is 6.42 Å². The molecule has 15 heavy (non-hydrogen) atoms. The topological polar surface area (TPSA) is 26.3 Å². The Bertz CT molecular complexity index is 285. The molecule has 84 valence electrons. The standard InChI is InChI=1S/C13H20O2/c1-13(2,3)15-12(14)11-8-9-4-6-10(11)7-5-9/h4,6,9-11H,5,7-8H2,1-3H3. The van der Waals surface area contributed by atoms with Crippen LogP contribution >= 0.6 is 0 Å². The number of allylic oxidation sites excluding steroid dienone is 2. The summed E-state index contributed by atoms with van der Waals surface area (Å²) in [5, 5.41) is 0. The van der Waals surface area contributed by atoms with Crippen molar-refractivity contribution in [3.05, 3.63) is 12.2 Å². The van der Waals surface area contributed by atoms with E-state index in [4.69, 9.17) is 4.74 Å². The van der Waals surface area contributed by atoms with Crippen LogP contribution in [0.15, 0.2) is 12.2 Å². The fourth-order valence-electron chi connectivity index (χ4n) is 2.58. The van der Waals surface area contributed by atoms with Gasteiger partial charge in [0.15, 0.2) is 0 Å². The third-order valence-electron chi connectivity index (χ3n) is 3.28. The Morgan fingerprint density at radius 1 is 1.27 bits per heavy atom. The van der Waals surface area contributed by atoms with E-state index in [0.29, 0.717) is 11.8 Å². The first-order valence-corrected chi connectivity index (χ1v) is 5.87. The molecule has 3 aliphatic carbocycles. The number of rotatable bonds is 1. The van der Waals surface area contributed by atoms with Gasteiger partial charge in [0, 0.05) is 0 Å². The first kappa shape index (κ1) is 10.7. The van der Waals surface area contributed by atoms with Crippen molar-refractivity contribution in [1.82, 2.24) is 0 Å². The molecular formula is C13H20O2. The Kier molecular flexibility index (Phi) is 2.61. The highest BCUT2D eigenvalue weighted by atomic mass is 16.6. The Labute approximate surface area is 91.7 Å². The predicted octanol–water partition coefficient (Wildman–Crippen LogP) is 2.93. The molecule has 3 rings (SSSR count). The van der Waals surface area contributed by atoms with Gasteiger partial charge in [-0.3, -0.25) is 4.79 Å². The van der Waals surface area contributed by atoms with E-state index in [1.807, 2.05) is 20.8 Å². The Morgan fingerprint density at radius 3 is 2.40 bits per heavy atom. The molecule has 0 aromatic heterocycles. The summed E-state index contributed by atoms with van der Waals surface area (Å²) >= 11 is 0. The van der Waals surface area contributed by atoms with Crippen molar-refractivity contribution in [2.24, 2.45) is 17.8 Å². The zero-order valence-electron chi connectivity index (χ0n) is 9.82. The van der Waals surface area contributed by atoms with E-state index in [2.05, 4.69) is 12.2 Å². The van der Waals surface area contributed by atoms with Crippen molar-refractivity contribution < 1.29 is 9.53 Å². The average molecular weight is 208 g/mol. The number of fused-ring (bicyclic) bond motifs is 2. The van der Waals surface area contributed by atoms with Crippen molar-refractivity contribution >= 4 is 5.97 Å². The van der Waals surface area contributed by atoms with Gasteiger partial charge in [0.2, 0.25) is 0 Å². The summed E-state index contributed by atoms with van der Waals surface area (Å²) in [6, 6.07) is 0. The summed E-state index contributed by atoms with van der Waals surface area (Å²) in [4.78, 5) is 11.9. The van der Waals surface area contributed by atoms with Gasteiger partial charge in [-0.2, -0.15) is 0 Å². The summed E-state index contributed by atoms with van der Waals surface area (Å²) < 4.78 is 5.46. The van der Waals surface area contributed by atoms with Crippen molar-refractivity contribution in [3.63, 3.8) is 0 Å². The molecule has 2 nitrogen and oxygen atoms in total. The van der Waals surface area contributed by atoms with Gasteiger partial charge in [-0.15, -0.1) is 0 Å². The second-order valence-corrected chi connectivity index (χ2v) is 5.76. The molecule has 0 saturated heterocycles. The number of hydrogen-bond donors (Lipinski definition) is 0. The molecule has 0 amide bonds. The fraction of sp³-hybridized carbons (Fsp3) is 0.769. The number of carbonyl (C=O) groups is 1. The van der Waals surface area contributed by atoms with Crippen molar-refractivity contribution in [3.8, 4) is 0 Å². The molecule has 1 saturated carbocycles. The van der Waals surface area contributed by atoms with Crippen LogP contribution in [0.1, 0.15) is 40.0 Å². The zero-order valence-corrected chi connectivity index (χ0v) is 9.82. The van der Waals surface area contributed by atoms with Crippen LogP contribution in [0.25, 0.3) is 0 Å². The maximum atomic E-state index is 11.9. The summed E-state index contributed by atoms with van der Waals surface area (Å²) in [5.74, 6) is 1.17. The third-order valence-corrected chi connectivity index (χ3v) is 3.28. The molecule has 0 N–H and O–H groups in total. The lowest BCUT2D eigenvalue weighted by atomic mass is 9.69.